The highest BCUT2D eigenvalue weighted by atomic mass is 15.0. The first kappa shape index (κ1) is 33.9. The largest absolute Gasteiger partial charge is 0.309 e. The number of hydrogen-bond donors (Lipinski definition) is 0. The van der Waals surface area contributed by atoms with Crippen LogP contribution in [0.4, 0.5) is 0 Å². The number of nitrogens with zero attached hydrogens (tertiary/aromatic N) is 4. The molecule has 0 fully saturated rings. The lowest BCUT2D eigenvalue weighted by Crippen LogP contribution is -2.26. The highest BCUT2D eigenvalue weighted by Crippen LogP contribution is 2.49. The van der Waals surface area contributed by atoms with E-state index in [0.717, 1.165) is 38.9 Å². The molecule has 58 heavy (non-hydrogen) atoms. The lowest BCUT2D eigenvalue weighted by atomic mass is 9.74. The summed E-state index contributed by atoms with van der Waals surface area (Å²) in [6.07, 6.45) is 0. The van der Waals surface area contributed by atoms with Gasteiger partial charge in [-0.05, 0) is 80.9 Å². The van der Waals surface area contributed by atoms with E-state index < -0.39 is 0 Å². The molecule has 4 nitrogen and oxygen atoms in total. The van der Waals surface area contributed by atoms with Crippen LogP contribution >= 0.6 is 0 Å². The predicted octanol–water partition coefficient (Wildman–Crippen LogP) is 13.6. The molecule has 0 saturated heterocycles. The van der Waals surface area contributed by atoms with Gasteiger partial charge in [0.1, 0.15) is 0 Å². The van der Waals surface area contributed by atoms with Crippen LogP contribution in [-0.2, 0) is 5.41 Å². The zero-order chi connectivity index (χ0) is 38.8. The number of benzene rings is 8. The van der Waals surface area contributed by atoms with Gasteiger partial charge in [-0.25, -0.2) is 15.0 Å². The maximum atomic E-state index is 5.19. The first-order chi connectivity index (χ1) is 28.5. The third kappa shape index (κ3) is 5.56. The molecule has 2 aromatic heterocycles. The van der Waals surface area contributed by atoms with Gasteiger partial charge in [-0.3, -0.25) is 0 Å². The standard InChI is InChI=1S/C54H38N4/c1-54(2)46-24-10-12-26-49(46)58-48-25-11-9-23-44(48)45-33-43(34-47(54)50(45)58)40-20-14-22-42(32-40)53-56-51(38-29-27-37(28-30-38)35-15-5-3-6-16-35)55-52(57-53)41-21-13-19-39(31-41)36-17-7-4-8-18-36/h3-34H,1-2H3. The Bertz CT molecular complexity index is 3180. The number of aromatic nitrogens is 4. The normalized spacial score (nSPS) is 12.8. The van der Waals surface area contributed by atoms with Crippen molar-refractivity contribution in [1.29, 1.82) is 0 Å². The molecule has 0 bridgehead atoms. The Labute approximate surface area is 337 Å². The van der Waals surface area contributed by atoms with E-state index in [1.54, 1.807) is 0 Å². The van der Waals surface area contributed by atoms with Crippen molar-refractivity contribution in [2.45, 2.75) is 19.3 Å². The zero-order valence-corrected chi connectivity index (χ0v) is 32.3. The average molecular weight is 743 g/mol. The second-order valence-corrected chi connectivity index (χ2v) is 15.7. The smallest absolute Gasteiger partial charge is 0.164 e. The Morgan fingerprint density at radius 3 is 1.50 bits per heavy atom. The van der Waals surface area contributed by atoms with Crippen LogP contribution in [0.1, 0.15) is 25.0 Å². The SMILES string of the molecule is CC1(C)c2ccccc2-n2c3ccccc3c3cc(-c4cccc(-c5nc(-c6ccc(-c7ccccc7)cc6)nc(-c6cccc(-c7ccccc7)c6)n5)c4)cc1c32. The second kappa shape index (κ2) is 13.4. The molecule has 0 aliphatic carbocycles. The fourth-order valence-electron chi connectivity index (χ4n) is 8.84. The van der Waals surface area contributed by atoms with E-state index >= 15 is 0 Å². The second-order valence-electron chi connectivity index (χ2n) is 15.7. The van der Waals surface area contributed by atoms with Gasteiger partial charge in [0.2, 0.25) is 0 Å². The Hall–Kier alpha value is -7.43. The first-order valence-corrected chi connectivity index (χ1v) is 19.9. The molecule has 0 saturated carbocycles. The summed E-state index contributed by atoms with van der Waals surface area (Å²) in [6.45, 7) is 4.71. The molecule has 0 atom stereocenters. The van der Waals surface area contributed by atoms with Gasteiger partial charge < -0.3 is 4.57 Å². The molecular formula is C54H38N4. The van der Waals surface area contributed by atoms with Gasteiger partial charge in [0.25, 0.3) is 0 Å². The molecule has 0 unspecified atom stereocenters. The van der Waals surface area contributed by atoms with E-state index in [-0.39, 0.29) is 5.41 Å². The van der Waals surface area contributed by atoms with E-state index in [2.05, 4.69) is 200 Å². The third-order valence-electron chi connectivity index (χ3n) is 11.8. The molecule has 11 rings (SSSR count). The summed E-state index contributed by atoms with van der Waals surface area (Å²) in [5.41, 5.74) is 15.9. The van der Waals surface area contributed by atoms with E-state index in [9.17, 15) is 0 Å². The van der Waals surface area contributed by atoms with Crippen LogP contribution in [0, 0.1) is 0 Å². The summed E-state index contributed by atoms with van der Waals surface area (Å²) in [4.78, 5) is 15.5. The topological polar surface area (TPSA) is 43.6 Å². The van der Waals surface area contributed by atoms with Crippen LogP contribution in [0.3, 0.4) is 0 Å². The maximum absolute atomic E-state index is 5.19. The summed E-state index contributed by atoms with van der Waals surface area (Å²) in [5.74, 6) is 1.90. The van der Waals surface area contributed by atoms with Crippen molar-refractivity contribution in [3.63, 3.8) is 0 Å². The van der Waals surface area contributed by atoms with Crippen molar-refractivity contribution in [1.82, 2.24) is 19.5 Å². The van der Waals surface area contributed by atoms with Crippen LogP contribution in [0.2, 0.25) is 0 Å². The van der Waals surface area contributed by atoms with Crippen molar-refractivity contribution in [3.05, 3.63) is 205 Å². The molecule has 0 radical (unpaired) electrons. The van der Waals surface area contributed by atoms with Crippen molar-refractivity contribution in [2.24, 2.45) is 0 Å². The molecule has 1 aliphatic heterocycles. The summed E-state index contributed by atoms with van der Waals surface area (Å²) >= 11 is 0. The number of hydrogen-bond acceptors (Lipinski definition) is 3. The van der Waals surface area contributed by atoms with E-state index in [0.29, 0.717) is 17.5 Å². The number of rotatable bonds is 6. The molecule has 0 N–H and O–H groups in total. The van der Waals surface area contributed by atoms with E-state index in [4.69, 9.17) is 15.0 Å². The van der Waals surface area contributed by atoms with Gasteiger partial charge in [-0.2, -0.15) is 0 Å². The molecule has 274 valence electrons. The van der Waals surface area contributed by atoms with Gasteiger partial charge in [0.15, 0.2) is 17.5 Å². The Morgan fingerprint density at radius 1 is 0.345 bits per heavy atom. The van der Waals surface area contributed by atoms with Crippen molar-refractivity contribution in [2.75, 3.05) is 0 Å². The van der Waals surface area contributed by atoms with E-state index in [1.165, 1.54) is 49.7 Å². The average Bonchev–Trinajstić information content (AvgIpc) is 3.63. The molecule has 0 spiro atoms. The van der Waals surface area contributed by atoms with Crippen molar-refractivity contribution in [3.8, 4) is 73.2 Å². The van der Waals surface area contributed by atoms with Gasteiger partial charge in [-0.1, -0.05) is 172 Å². The summed E-state index contributed by atoms with van der Waals surface area (Å²) in [7, 11) is 0. The fraction of sp³-hybridized carbons (Fsp3) is 0.0556. The highest BCUT2D eigenvalue weighted by molar-refractivity contribution is 6.13. The molecule has 10 aromatic rings. The molecule has 8 aromatic carbocycles. The Balaban J connectivity index is 1.07. The highest BCUT2D eigenvalue weighted by Gasteiger charge is 2.35. The number of para-hydroxylation sites is 2. The first-order valence-electron chi connectivity index (χ1n) is 19.9. The maximum Gasteiger partial charge on any atom is 0.164 e. The summed E-state index contributed by atoms with van der Waals surface area (Å²) < 4.78 is 2.47. The van der Waals surface area contributed by atoms with Crippen LogP contribution in [0.15, 0.2) is 194 Å². The molecule has 3 heterocycles. The van der Waals surface area contributed by atoms with Gasteiger partial charge in [0.05, 0.1) is 16.7 Å². The number of fused-ring (bicyclic) bond motifs is 5. The minimum absolute atomic E-state index is 0.199. The third-order valence-corrected chi connectivity index (χ3v) is 11.8. The summed E-state index contributed by atoms with van der Waals surface area (Å²) in [5, 5.41) is 2.52. The monoisotopic (exact) mass is 742 g/mol. The Morgan fingerprint density at radius 2 is 0.828 bits per heavy atom. The molecule has 0 amide bonds. The lowest BCUT2D eigenvalue weighted by molar-refractivity contribution is 0.630. The molecule has 1 aliphatic rings. The van der Waals surface area contributed by atoms with Gasteiger partial charge in [-0.15, -0.1) is 0 Å². The van der Waals surface area contributed by atoms with Crippen LogP contribution < -0.4 is 0 Å². The van der Waals surface area contributed by atoms with Gasteiger partial charge in [0, 0.05) is 32.9 Å². The van der Waals surface area contributed by atoms with Crippen LogP contribution in [0.25, 0.3) is 95.0 Å². The molecular weight excluding hydrogens is 705 g/mol. The minimum atomic E-state index is -0.199. The summed E-state index contributed by atoms with van der Waals surface area (Å²) in [6, 6.07) is 68.9. The predicted molar refractivity (Wildman–Crippen MR) is 239 cm³/mol. The molecule has 4 heteroatoms. The Kier molecular flexibility index (Phi) is 7.80. The van der Waals surface area contributed by atoms with Crippen molar-refractivity contribution < 1.29 is 0 Å². The van der Waals surface area contributed by atoms with Crippen molar-refractivity contribution >= 4 is 21.8 Å². The minimum Gasteiger partial charge on any atom is -0.309 e. The lowest BCUT2D eigenvalue weighted by Gasteiger charge is -2.35. The quantitative estimate of drug-likeness (QED) is 0.170. The van der Waals surface area contributed by atoms with E-state index in [1.807, 2.05) is 12.1 Å². The fourth-order valence-corrected chi connectivity index (χ4v) is 8.84. The van der Waals surface area contributed by atoms with Crippen LogP contribution in [-0.4, -0.2) is 19.5 Å². The van der Waals surface area contributed by atoms with Crippen LogP contribution in [0.5, 0.6) is 0 Å². The van der Waals surface area contributed by atoms with Gasteiger partial charge >= 0.3 is 0 Å². The zero-order valence-electron chi connectivity index (χ0n) is 32.3.